The Hall–Kier alpha value is -1.32. The van der Waals surface area contributed by atoms with Gasteiger partial charge in [-0.3, -0.25) is 4.79 Å². The third-order valence-electron chi connectivity index (χ3n) is 1.13. The van der Waals surface area contributed by atoms with Crippen molar-refractivity contribution in [3.8, 4) is 0 Å². The van der Waals surface area contributed by atoms with Crippen LogP contribution in [0.4, 0.5) is 0 Å². The van der Waals surface area contributed by atoms with E-state index >= 15 is 0 Å². The molecular weight excluding hydrogens is 170 g/mol. The molecule has 0 amide bonds. The summed E-state index contributed by atoms with van der Waals surface area (Å²) in [5, 5.41) is 7.42. The van der Waals surface area contributed by atoms with E-state index in [4.69, 9.17) is 14.3 Å². The Kier molecular flexibility index (Phi) is 5.59. The van der Waals surface area contributed by atoms with Gasteiger partial charge in [0.25, 0.3) is 5.97 Å². The Morgan fingerprint density at radius 1 is 1.69 bits per heavy atom. The molecule has 0 aromatic carbocycles. The van der Waals surface area contributed by atoms with Gasteiger partial charge in [-0.25, -0.2) is 4.98 Å². The number of hydrogen-bond donors (Lipinski definition) is 1. The fourth-order valence-electron chi connectivity index (χ4n) is 0.731. The highest BCUT2D eigenvalue weighted by molar-refractivity contribution is 5.62. The summed E-state index contributed by atoms with van der Waals surface area (Å²) in [7, 11) is 0. The number of rotatable bonds is 2. The molecule has 1 aromatic rings. The summed E-state index contributed by atoms with van der Waals surface area (Å²) >= 11 is 0. The van der Waals surface area contributed by atoms with Gasteiger partial charge in [-0.15, -0.1) is 0 Å². The van der Waals surface area contributed by atoms with Crippen LogP contribution in [0.5, 0.6) is 0 Å². The van der Waals surface area contributed by atoms with E-state index in [9.17, 15) is 0 Å². The molecule has 1 heterocycles. The number of aromatic nitrogens is 1. The van der Waals surface area contributed by atoms with Crippen LogP contribution < -0.4 is 0 Å². The highest BCUT2D eigenvalue weighted by atomic mass is 16.4. The first kappa shape index (κ1) is 11.7. The van der Waals surface area contributed by atoms with E-state index in [2.05, 4.69) is 11.9 Å². The number of oxazole rings is 1. The lowest BCUT2D eigenvalue weighted by Crippen LogP contribution is -1.79. The number of aliphatic carboxylic acids is 1. The molecule has 13 heavy (non-hydrogen) atoms. The molecule has 1 aromatic heterocycles. The molecule has 0 aliphatic heterocycles. The Bertz CT molecular complexity index is 251. The fraction of sp³-hybridized carbons (Fsp3) is 0.556. The SMILES string of the molecule is CC(=O)O.CCCc1ncc(C)o1. The maximum atomic E-state index is 9.00. The monoisotopic (exact) mass is 185 g/mol. The van der Waals surface area contributed by atoms with Gasteiger partial charge in [-0.1, -0.05) is 6.92 Å². The Morgan fingerprint density at radius 3 is 2.54 bits per heavy atom. The van der Waals surface area contributed by atoms with Crippen LogP contribution in [0.2, 0.25) is 0 Å². The highest BCUT2D eigenvalue weighted by Crippen LogP contribution is 2.02. The van der Waals surface area contributed by atoms with Crippen molar-refractivity contribution in [2.45, 2.75) is 33.6 Å². The number of nitrogens with zero attached hydrogens (tertiary/aromatic N) is 1. The topological polar surface area (TPSA) is 63.3 Å². The zero-order chi connectivity index (χ0) is 10.3. The molecule has 74 valence electrons. The average Bonchev–Trinajstić information content (AvgIpc) is 2.35. The van der Waals surface area contributed by atoms with E-state index in [0.717, 1.165) is 31.4 Å². The van der Waals surface area contributed by atoms with Crippen LogP contribution in [0, 0.1) is 6.92 Å². The number of carbonyl (C=O) groups is 1. The van der Waals surface area contributed by atoms with Gasteiger partial charge in [0.1, 0.15) is 5.76 Å². The van der Waals surface area contributed by atoms with E-state index in [-0.39, 0.29) is 0 Å². The molecule has 0 bridgehead atoms. The molecule has 4 heteroatoms. The summed E-state index contributed by atoms with van der Waals surface area (Å²) in [6, 6.07) is 0. The predicted octanol–water partition coefficient (Wildman–Crippen LogP) is 2.03. The van der Waals surface area contributed by atoms with Crippen LogP contribution in [-0.4, -0.2) is 16.1 Å². The summed E-state index contributed by atoms with van der Waals surface area (Å²) in [5.41, 5.74) is 0. The van der Waals surface area contributed by atoms with Crippen molar-refractivity contribution in [2.24, 2.45) is 0 Å². The number of aryl methyl sites for hydroxylation is 2. The maximum Gasteiger partial charge on any atom is 0.300 e. The van der Waals surface area contributed by atoms with Gasteiger partial charge in [0.2, 0.25) is 0 Å². The first-order valence-corrected chi connectivity index (χ1v) is 4.17. The molecule has 0 atom stereocenters. The Balaban J connectivity index is 0.000000310. The minimum Gasteiger partial charge on any atom is -0.481 e. The first-order valence-electron chi connectivity index (χ1n) is 4.17. The van der Waals surface area contributed by atoms with Gasteiger partial charge < -0.3 is 9.52 Å². The average molecular weight is 185 g/mol. The third kappa shape index (κ3) is 7.05. The lowest BCUT2D eigenvalue weighted by atomic mass is 10.3. The maximum absolute atomic E-state index is 9.00. The largest absolute Gasteiger partial charge is 0.481 e. The first-order chi connectivity index (χ1) is 6.06. The molecule has 0 fully saturated rings. The summed E-state index contributed by atoms with van der Waals surface area (Å²) in [6.45, 7) is 5.10. The number of hydrogen-bond acceptors (Lipinski definition) is 3. The van der Waals surface area contributed by atoms with Crippen LogP contribution in [0.1, 0.15) is 31.9 Å². The van der Waals surface area contributed by atoms with Crippen LogP contribution in [0.25, 0.3) is 0 Å². The summed E-state index contributed by atoms with van der Waals surface area (Å²) < 4.78 is 5.21. The van der Waals surface area contributed by atoms with Gasteiger partial charge in [0, 0.05) is 13.3 Å². The van der Waals surface area contributed by atoms with Gasteiger partial charge in [-0.2, -0.15) is 0 Å². The third-order valence-corrected chi connectivity index (χ3v) is 1.13. The lowest BCUT2D eigenvalue weighted by Gasteiger charge is -1.85. The van der Waals surface area contributed by atoms with Crippen molar-refractivity contribution in [3.05, 3.63) is 17.8 Å². The fourth-order valence-corrected chi connectivity index (χ4v) is 0.731. The van der Waals surface area contributed by atoms with Crippen LogP contribution in [0.15, 0.2) is 10.6 Å². The summed E-state index contributed by atoms with van der Waals surface area (Å²) in [4.78, 5) is 13.0. The molecular formula is C9H15NO3. The van der Waals surface area contributed by atoms with Gasteiger partial charge in [0.05, 0.1) is 6.20 Å². The Labute approximate surface area is 77.6 Å². The second-order valence-electron chi connectivity index (χ2n) is 2.63. The molecule has 0 radical (unpaired) electrons. The smallest absolute Gasteiger partial charge is 0.300 e. The van der Waals surface area contributed by atoms with Gasteiger partial charge in [-0.05, 0) is 13.3 Å². The minimum atomic E-state index is -0.833. The minimum absolute atomic E-state index is 0.833. The van der Waals surface area contributed by atoms with E-state index in [1.807, 2.05) is 6.92 Å². The molecule has 0 spiro atoms. The molecule has 0 aliphatic rings. The second kappa shape index (κ2) is 6.22. The van der Waals surface area contributed by atoms with Crippen molar-refractivity contribution in [3.63, 3.8) is 0 Å². The van der Waals surface area contributed by atoms with E-state index < -0.39 is 5.97 Å². The summed E-state index contributed by atoms with van der Waals surface area (Å²) in [5.74, 6) is 0.924. The predicted molar refractivity (Wildman–Crippen MR) is 48.5 cm³/mol. The van der Waals surface area contributed by atoms with Gasteiger partial charge >= 0.3 is 0 Å². The zero-order valence-electron chi connectivity index (χ0n) is 8.20. The quantitative estimate of drug-likeness (QED) is 0.765. The van der Waals surface area contributed by atoms with Crippen molar-refractivity contribution < 1.29 is 14.3 Å². The van der Waals surface area contributed by atoms with E-state index in [1.54, 1.807) is 6.20 Å². The van der Waals surface area contributed by atoms with Crippen LogP contribution in [-0.2, 0) is 11.2 Å². The molecule has 1 N–H and O–H groups in total. The van der Waals surface area contributed by atoms with Crippen molar-refractivity contribution >= 4 is 5.97 Å². The zero-order valence-corrected chi connectivity index (χ0v) is 8.20. The Morgan fingerprint density at radius 2 is 2.23 bits per heavy atom. The standard InChI is InChI=1S/C7H11NO.C2H4O2/c1-3-4-7-8-5-6(2)9-7;1-2(3)4/h5H,3-4H2,1-2H3;1H3,(H,3,4). The highest BCUT2D eigenvalue weighted by Gasteiger charge is 1.95. The van der Waals surface area contributed by atoms with Crippen LogP contribution >= 0.6 is 0 Å². The molecule has 0 aliphatic carbocycles. The molecule has 0 saturated carbocycles. The molecule has 1 rings (SSSR count). The normalized spacial score (nSPS) is 8.85. The number of carboxylic acid groups (broad SMARTS) is 1. The second-order valence-corrected chi connectivity index (χ2v) is 2.63. The summed E-state index contributed by atoms with van der Waals surface area (Å²) in [6.07, 6.45) is 3.80. The molecule has 0 unspecified atom stereocenters. The molecule has 0 saturated heterocycles. The van der Waals surface area contributed by atoms with Crippen molar-refractivity contribution in [2.75, 3.05) is 0 Å². The molecule has 4 nitrogen and oxygen atoms in total. The number of carboxylic acids is 1. The van der Waals surface area contributed by atoms with Crippen molar-refractivity contribution in [1.29, 1.82) is 0 Å². The van der Waals surface area contributed by atoms with E-state index in [0.29, 0.717) is 0 Å². The lowest BCUT2D eigenvalue weighted by molar-refractivity contribution is -0.134. The van der Waals surface area contributed by atoms with Crippen LogP contribution in [0.3, 0.4) is 0 Å². The van der Waals surface area contributed by atoms with Gasteiger partial charge in [0.15, 0.2) is 5.89 Å². The van der Waals surface area contributed by atoms with E-state index in [1.165, 1.54) is 0 Å². The van der Waals surface area contributed by atoms with Crippen molar-refractivity contribution in [1.82, 2.24) is 4.98 Å².